The lowest BCUT2D eigenvalue weighted by molar-refractivity contribution is -0.385. The van der Waals surface area contributed by atoms with Crippen molar-refractivity contribution in [2.45, 2.75) is 19.3 Å². The molecule has 1 N–H and O–H groups in total. The lowest BCUT2D eigenvalue weighted by Gasteiger charge is -2.05. The lowest BCUT2D eigenvalue weighted by atomic mass is 10.3. The van der Waals surface area contributed by atoms with Gasteiger partial charge in [0.25, 0.3) is 5.91 Å². The van der Waals surface area contributed by atoms with Crippen LogP contribution in [-0.4, -0.2) is 23.7 Å². The van der Waals surface area contributed by atoms with E-state index in [0.29, 0.717) is 17.6 Å². The molecule has 1 aliphatic carbocycles. The number of rotatable bonds is 7. The molecular formula is C17H17N3O5. The molecule has 130 valence electrons. The summed E-state index contributed by atoms with van der Waals surface area (Å²) in [5.41, 5.74) is 2.09. The number of amides is 1. The quantitative estimate of drug-likeness (QED) is 0.472. The average molecular weight is 343 g/mol. The first-order valence-corrected chi connectivity index (χ1v) is 7.82. The van der Waals surface area contributed by atoms with Crippen LogP contribution in [0, 0.1) is 16.0 Å². The van der Waals surface area contributed by atoms with Crippen molar-refractivity contribution in [2.75, 3.05) is 6.61 Å². The van der Waals surface area contributed by atoms with E-state index in [1.807, 2.05) is 6.07 Å². The first-order chi connectivity index (χ1) is 12.0. The number of nitrogens with one attached hydrogen (secondary N) is 1. The lowest BCUT2D eigenvalue weighted by Crippen LogP contribution is -2.24. The third kappa shape index (κ3) is 4.23. The van der Waals surface area contributed by atoms with Crippen LogP contribution in [0.3, 0.4) is 0 Å². The molecule has 0 bridgehead atoms. The Labute approximate surface area is 143 Å². The molecule has 1 saturated carbocycles. The van der Waals surface area contributed by atoms with E-state index in [-0.39, 0.29) is 18.0 Å². The van der Waals surface area contributed by atoms with Crippen LogP contribution >= 0.6 is 0 Å². The van der Waals surface area contributed by atoms with Gasteiger partial charge in [0.05, 0.1) is 11.1 Å². The minimum absolute atomic E-state index is 0.0286. The number of furan rings is 1. The maximum atomic E-state index is 11.7. The highest BCUT2D eigenvalue weighted by atomic mass is 16.6. The minimum atomic E-state index is -0.569. The van der Waals surface area contributed by atoms with Gasteiger partial charge >= 0.3 is 5.69 Å². The Morgan fingerprint density at radius 2 is 2.20 bits per heavy atom. The second-order valence-corrected chi connectivity index (χ2v) is 5.87. The molecule has 0 saturated heterocycles. The number of carbonyl (C=O) groups is 1. The Morgan fingerprint density at radius 1 is 1.44 bits per heavy atom. The molecule has 2 atom stereocenters. The van der Waals surface area contributed by atoms with E-state index in [4.69, 9.17) is 9.15 Å². The molecular weight excluding hydrogens is 326 g/mol. The minimum Gasteiger partial charge on any atom is -0.477 e. The van der Waals surface area contributed by atoms with Crippen molar-refractivity contribution in [3.8, 4) is 5.75 Å². The second kappa shape index (κ2) is 7.16. The zero-order valence-electron chi connectivity index (χ0n) is 13.5. The Kier molecular flexibility index (Phi) is 4.78. The number of para-hydroxylation sites is 2. The molecule has 0 spiro atoms. The van der Waals surface area contributed by atoms with Crippen LogP contribution in [0.15, 0.2) is 45.9 Å². The van der Waals surface area contributed by atoms with Gasteiger partial charge < -0.3 is 9.15 Å². The number of carbonyl (C=O) groups excluding carboxylic acids is 1. The van der Waals surface area contributed by atoms with Crippen LogP contribution in [0.25, 0.3) is 0 Å². The number of benzene rings is 1. The van der Waals surface area contributed by atoms with Crippen LogP contribution in [-0.2, 0) is 4.79 Å². The van der Waals surface area contributed by atoms with E-state index in [0.717, 1.165) is 12.2 Å². The van der Waals surface area contributed by atoms with Crippen molar-refractivity contribution in [1.82, 2.24) is 5.43 Å². The molecule has 1 fully saturated rings. The van der Waals surface area contributed by atoms with Crippen molar-refractivity contribution in [1.29, 1.82) is 0 Å². The third-order valence-corrected chi connectivity index (χ3v) is 3.92. The predicted octanol–water partition coefficient (Wildman–Crippen LogP) is 2.84. The summed E-state index contributed by atoms with van der Waals surface area (Å²) in [6, 6.07) is 9.55. The van der Waals surface area contributed by atoms with Gasteiger partial charge in [-0.05, 0) is 30.5 Å². The second-order valence-electron chi connectivity index (χ2n) is 5.87. The average Bonchev–Trinajstić information content (AvgIpc) is 3.14. The van der Waals surface area contributed by atoms with Gasteiger partial charge in [0.15, 0.2) is 12.4 Å². The summed E-state index contributed by atoms with van der Waals surface area (Å²) in [5.74, 6) is 2.11. The molecule has 8 heteroatoms. The summed E-state index contributed by atoms with van der Waals surface area (Å²) in [6.45, 7) is 1.78. The van der Waals surface area contributed by atoms with Crippen molar-refractivity contribution in [3.05, 3.63) is 58.0 Å². The van der Waals surface area contributed by atoms with Gasteiger partial charge in [-0.25, -0.2) is 5.43 Å². The fourth-order valence-corrected chi connectivity index (χ4v) is 2.43. The molecule has 3 rings (SSSR count). The van der Waals surface area contributed by atoms with Crippen LogP contribution in [0.1, 0.15) is 30.8 Å². The summed E-state index contributed by atoms with van der Waals surface area (Å²) in [4.78, 5) is 22.0. The molecule has 2 aromatic rings. The Balaban J connectivity index is 1.48. The van der Waals surface area contributed by atoms with Crippen LogP contribution < -0.4 is 10.2 Å². The highest BCUT2D eigenvalue weighted by molar-refractivity contribution is 5.81. The number of hydrazone groups is 1. The Hall–Kier alpha value is -3.16. The number of nitrogens with zero attached hydrogens (tertiary/aromatic N) is 2. The van der Waals surface area contributed by atoms with Crippen LogP contribution in [0.5, 0.6) is 5.75 Å². The molecule has 1 amide bonds. The predicted molar refractivity (Wildman–Crippen MR) is 89.6 cm³/mol. The van der Waals surface area contributed by atoms with Gasteiger partial charge in [0.2, 0.25) is 0 Å². The fourth-order valence-electron chi connectivity index (χ4n) is 2.43. The van der Waals surface area contributed by atoms with E-state index in [1.54, 1.807) is 12.1 Å². The molecule has 0 unspecified atom stereocenters. The molecule has 25 heavy (non-hydrogen) atoms. The molecule has 1 aliphatic rings. The Bertz CT molecular complexity index is 814. The maximum absolute atomic E-state index is 11.7. The number of hydrogen-bond acceptors (Lipinski definition) is 6. The van der Waals surface area contributed by atoms with E-state index in [2.05, 4.69) is 17.5 Å². The molecule has 1 heterocycles. The standard InChI is InChI=1S/C17H17N3O5/c1-11-8-13(11)15-7-6-12(25-15)9-18-19-17(21)10-24-16-5-3-2-4-14(16)20(22)23/h2-7,9,11,13H,8,10H2,1H3,(H,19,21)/b18-9-/t11-,13-/m1/s1. The van der Waals surface area contributed by atoms with E-state index >= 15 is 0 Å². The highest BCUT2D eigenvalue weighted by Gasteiger charge is 2.36. The zero-order valence-corrected chi connectivity index (χ0v) is 13.5. The number of hydrogen-bond donors (Lipinski definition) is 1. The van der Waals surface area contributed by atoms with Gasteiger partial charge in [-0.2, -0.15) is 5.10 Å². The summed E-state index contributed by atoms with van der Waals surface area (Å²) in [5, 5.41) is 14.7. The smallest absolute Gasteiger partial charge is 0.310 e. The fraction of sp³-hybridized carbons (Fsp3) is 0.294. The van der Waals surface area contributed by atoms with E-state index in [1.165, 1.54) is 24.4 Å². The molecule has 8 nitrogen and oxygen atoms in total. The van der Waals surface area contributed by atoms with Crippen molar-refractivity contribution in [2.24, 2.45) is 11.0 Å². The van der Waals surface area contributed by atoms with Crippen molar-refractivity contribution < 1.29 is 18.9 Å². The summed E-state index contributed by atoms with van der Waals surface area (Å²) in [7, 11) is 0. The molecule has 0 radical (unpaired) electrons. The van der Waals surface area contributed by atoms with Gasteiger partial charge in [-0.3, -0.25) is 14.9 Å². The molecule has 1 aromatic carbocycles. The molecule has 0 aliphatic heterocycles. The number of nitro benzene ring substituents is 1. The van der Waals surface area contributed by atoms with Crippen LogP contribution in [0.4, 0.5) is 5.69 Å². The maximum Gasteiger partial charge on any atom is 0.310 e. The van der Waals surface area contributed by atoms with Gasteiger partial charge in [-0.15, -0.1) is 0 Å². The Morgan fingerprint density at radius 3 is 2.92 bits per heavy atom. The number of nitro groups is 1. The summed E-state index contributed by atoms with van der Waals surface area (Å²) >= 11 is 0. The summed E-state index contributed by atoms with van der Waals surface area (Å²) < 4.78 is 10.8. The van der Waals surface area contributed by atoms with E-state index < -0.39 is 10.8 Å². The normalized spacial score (nSPS) is 18.9. The third-order valence-electron chi connectivity index (χ3n) is 3.92. The molecule has 1 aromatic heterocycles. The van der Waals surface area contributed by atoms with Crippen molar-refractivity contribution in [3.63, 3.8) is 0 Å². The van der Waals surface area contributed by atoms with Gasteiger partial charge in [0, 0.05) is 12.0 Å². The first kappa shape index (κ1) is 16.7. The van der Waals surface area contributed by atoms with Gasteiger partial charge in [-0.1, -0.05) is 19.1 Å². The number of ether oxygens (including phenoxy) is 1. The topological polar surface area (TPSA) is 107 Å². The van der Waals surface area contributed by atoms with Gasteiger partial charge in [0.1, 0.15) is 11.5 Å². The van der Waals surface area contributed by atoms with Crippen molar-refractivity contribution >= 4 is 17.8 Å². The monoisotopic (exact) mass is 343 g/mol. The van der Waals surface area contributed by atoms with E-state index in [9.17, 15) is 14.9 Å². The summed E-state index contributed by atoms with van der Waals surface area (Å²) in [6.07, 6.45) is 2.53. The van der Waals surface area contributed by atoms with Crippen LogP contribution in [0.2, 0.25) is 0 Å². The SMILES string of the molecule is C[C@@H]1C[C@H]1c1ccc(/C=N\NC(=O)COc2ccccc2[N+](=O)[O-])o1. The zero-order chi connectivity index (χ0) is 17.8. The largest absolute Gasteiger partial charge is 0.477 e. The first-order valence-electron chi connectivity index (χ1n) is 7.82. The highest BCUT2D eigenvalue weighted by Crippen LogP contribution is 2.47.